The van der Waals surface area contributed by atoms with Crippen LogP contribution in [0.15, 0.2) is 90.0 Å². The van der Waals surface area contributed by atoms with Crippen molar-refractivity contribution in [2.45, 2.75) is 44.8 Å². The van der Waals surface area contributed by atoms with Gasteiger partial charge in [0.05, 0.1) is 24.1 Å². The van der Waals surface area contributed by atoms with E-state index in [1.807, 2.05) is 30.3 Å². The molecule has 4 aromatic rings. The topological polar surface area (TPSA) is 123 Å². The van der Waals surface area contributed by atoms with Crippen LogP contribution in [0.5, 0.6) is 0 Å². The molecule has 0 bridgehead atoms. The largest absolute Gasteiger partial charge is 0.466 e. The average molecular weight is 672 g/mol. The first-order valence-corrected chi connectivity index (χ1v) is 15.6. The molecule has 2 atom stereocenters. The van der Waals surface area contributed by atoms with Crippen LogP contribution in [0.4, 0.5) is 24.7 Å². The Morgan fingerprint density at radius 1 is 0.939 bits per heavy atom. The van der Waals surface area contributed by atoms with Gasteiger partial charge in [0.2, 0.25) is 0 Å². The van der Waals surface area contributed by atoms with Gasteiger partial charge in [0.25, 0.3) is 17.7 Å². The summed E-state index contributed by atoms with van der Waals surface area (Å²) >= 11 is 0. The second-order valence-electron chi connectivity index (χ2n) is 11.7. The van der Waals surface area contributed by atoms with E-state index in [1.54, 1.807) is 42.8 Å². The number of fused-ring (bicyclic) bond motifs is 1. The summed E-state index contributed by atoms with van der Waals surface area (Å²) in [5, 5.41) is 10.3. The first-order valence-electron chi connectivity index (χ1n) is 15.6. The van der Waals surface area contributed by atoms with E-state index < -0.39 is 47.4 Å². The molecule has 3 aromatic carbocycles. The predicted octanol–water partition coefficient (Wildman–Crippen LogP) is 5.70. The van der Waals surface area contributed by atoms with Crippen LogP contribution in [-0.2, 0) is 25.3 Å². The lowest BCUT2D eigenvalue weighted by atomic mass is 9.80. The number of carbonyl (C=O) groups is 4. The highest BCUT2D eigenvalue weighted by atomic mass is 19.4. The van der Waals surface area contributed by atoms with Crippen molar-refractivity contribution in [2.75, 3.05) is 23.9 Å². The van der Waals surface area contributed by atoms with Gasteiger partial charge in [-0.3, -0.25) is 19.3 Å². The SMILES string of the molecule is CCN1C(=O)[C@@H](NC(=O)c2cccc(C(F)(F)F)c2)[C@H](c2cccc(NC(=O)C3=C(C(=O)OC)CC3)c2)c2c(C)nn(-c3ccccc3)c21. The summed E-state index contributed by atoms with van der Waals surface area (Å²) in [6.07, 6.45) is -3.84. The van der Waals surface area contributed by atoms with Crippen molar-refractivity contribution >= 4 is 35.2 Å². The molecular weight excluding hydrogens is 639 g/mol. The number of amides is 3. The maximum absolute atomic E-state index is 14.4. The maximum Gasteiger partial charge on any atom is 0.416 e. The number of hydrogen-bond donors (Lipinski definition) is 2. The molecule has 6 rings (SSSR count). The zero-order chi connectivity index (χ0) is 35.0. The number of carbonyl (C=O) groups excluding carboxylic acids is 4. The number of nitrogens with one attached hydrogen (secondary N) is 2. The maximum atomic E-state index is 14.4. The number of aromatic nitrogens is 2. The van der Waals surface area contributed by atoms with Gasteiger partial charge in [0, 0.05) is 40.4 Å². The molecule has 0 spiro atoms. The molecular formula is C36H32F3N5O5. The molecule has 0 saturated carbocycles. The Bertz CT molecular complexity index is 2000. The van der Waals surface area contributed by atoms with E-state index in [-0.39, 0.29) is 12.1 Å². The second-order valence-corrected chi connectivity index (χ2v) is 11.7. The number of methoxy groups -OCH3 is 1. The van der Waals surface area contributed by atoms with Crippen molar-refractivity contribution in [1.29, 1.82) is 0 Å². The van der Waals surface area contributed by atoms with Crippen LogP contribution < -0.4 is 15.5 Å². The third-order valence-corrected chi connectivity index (χ3v) is 8.77. The Hall–Kier alpha value is -5.72. The summed E-state index contributed by atoms with van der Waals surface area (Å²) in [4.78, 5) is 54.7. The fourth-order valence-corrected chi connectivity index (χ4v) is 6.34. The Labute approximate surface area is 279 Å². The van der Waals surface area contributed by atoms with Crippen LogP contribution in [0.3, 0.4) is 0 Å². The van der Waals surface area contributed by atoms with Gasteiger partial charge in [0.15, 0.2) is 0 Å². The number of benzene rings is 3. The van der Waals surface area contributed by atoms with Gasteiger partial charge < -0.3 is 15.4 Å². The quantitative estimate of drug-likeness (QED) is 0.232. The number of halogens is 3. The van der Waals surface area contributed by atoms with Gasteiger partial charge in [-0.25, -0.2) is 9.48 Å². The van der Waals surface area contributed by atoms with Crippen LogP contribution >= 0.6 is 0 Å². The number of esters is 1. The number of aryl methyl sites for hydroxylation is 1. The number of nitrogens with zero attached hydrogens (tertiary/aromatic N) is 3. The zero-order valence-electron chi connectivity index (χ0n) is 26.8. The highest BCUT2D eigenvalue weighted by Gasteiger charge is 2.46. The summed E-state index contributed by atoms with van der Waals surface area (Å²) < 4.78 is 47.0. The van der Waals surface area contributed by atoms with Crippen molar-refractivity contribution in [2.24, 2.45) is 0 Å². The molecule has 1 aromatic heterocycles. The van der Waals surface area contributed by atoms with E-state index in [1.165, 1.54) is 18.1 Å². The third kappa shape index (κ3) is 6.19. The lowest BCUT2D eigenvalue weighted by Gasteiger charge is -2.38. The molecule has 0 radical (unpaired) electrons. The summed E-state index contributed by atoms with van der Waals surface area (Å²) in [6, 6.07) is 18.7. The Balaban J connectivity index is 1.45. The number of anilines is 2. The smallest absolute Gasteiger partial charge is 0.416 e. The minimum Gasteiger partial charge on any atom is -0.466 e. The minimum atomic E-state index is -4.67. The normalized spacial score (nSPS) is 17.3. The van der Waals surface area contributed by atoms with Gasteiger partial charge in [0.1, 0.15) is 11.9 Å². The first-order chi connectivity index (χ1) is 23.4. The third-order valence-electron chi connectivity index (χ3n) is 8.77. The van der Waals surface area contributed by atoms with Crippen LogP contribution in [0.2, 0.25) is 0 Å². The average Bonchev–Trinajstić information content (AvgIpc) is 3.40. The van der Waals surface area contributed by atoms with E-state index in [0.717, 1.165) is 18.2 Å². The first kappa shape index (κ1) is 33.2. The van der Waals surface area contributed by atoms with Gasteiger partial charge >= 0.3 is 12.1 Å². The second kappa shape index (κ2) is 13.1. The number of ether oxygens (including phenoxy) is 1. The van der Waals surface area contributed by atoms with Crippen LogP contribution in [0, 0.1) is 6.92 Å². The molecule has 2 heterocycles. The molecule has 10 nitrogen and oxygen atoms in total. The standard InChI is InChI=1S/C36H32F3N5O5/c1-4-43-33-28(20(2)42-44(33)25-14-6-5-7-15-25)29(30(34(43)47)41-31(45)22-11-8-12-23(18-22)36(37,38)39)21-10-9-13-24(19-21)40-32(46)26-16-17-27(26)35(48)49-3/h5-15,18-19,29-30H,4,16-17H2,1-3H3,(H,40,46)(H,41,45)/t29-,30+/m1/s1. The molecule has 1 aliphatic heterocycles. The number of likely N-dealkylation sites (N-methyl/N-ethyl adjacent to an activating group) is 1. The fourth-order valence-electron chi connectivity index (χ4n) is 6.34. The van der Waals surface area contributed by atoms with Crippen molar-refractivity contribution in [1.82, 2.24) is 15.1 Å². The Morgan fingerprint density at radius 2 is 1.65 bits per heavy atom. The number of para-hydroxylation sites is 1. The molecule has 3 amide bonds. The lowest BCUT2D eigenvalue weighted by Crippen LogP contribution is -2.55. The van der Waals surface area contributed by atoms with Crippen LogP contribution in [-0.4, -0.2) is 53.2 Å². The number of hydrogen-bond acceptors (Lipinski definition) is 6. The van der Waals surface area contributed by atoms with Crippen LogP contribution in [0.1, 0.15) is 58.4 Å². The zero-order valence-corrected chi connectivity index (χ0v) is 26.8. The number of alkyl halides is 3. The summed E-state index contributed by atoms with van der Waals surface area (Å²) in [6.45, 7) is 3.77. The monoisotopic (exact) mass is 671 g/mol. The highest BCUT2D eigenvalue weighted by Crippen LogP contribution is 2.44. The molecule has 0 fully saturated rings. The molecule has 49 heavy (non-hydrogen) atoms. The lowest BCUT2D eigenvalue weighted by molar-refractivity contribution is -0.138. The van der Waals surface area contributed by atoms with Gasteiger partial charge in [-0.1, -0.05) is 36.4 Å². The molecule has 2 aliphatic rings. The highest BCUT2D eigenvalue weighted by molar-refractivity contribution is 6.11. The number of rotatable bonds is 8. The van der Waals surface area contributed by atoms with Crippen molar-refractivity contribution in [3.05, 3.63) is 118 Å². The Kier molecular flexibility index (Phi) is 8.84. The molecule has 13 heteroatoms. The van der Waals surface area contributed by atoms with E-state index in [9.17, 15) is 32.3 Å². The van der Waals surface area contributed by atoms with E-state index >= 15 is 0 Å². The molecule has 1 aliphatic carbocycles. The molecule has 252 valence electrons. The van der Waals surface area contributed by atoms with Gasteiger partial charge in [-0.05, 0) is 74.7 Å². The summed E-state index contributed by atoms with van der Waals surface area (Å²) in [7, 11) is 1.25. The fraction of sp³-hybridized carbons (Fsp3) is 0.250. The van der Waals surface area contributed by atoms with E-state index in [2.05, 4.69) is 10.6 Å². The molecule has 2 N–H and O–H groups in total. The van der Waals surface area contributed by atoms with Gasteiger partial charge in [-0.15, -0.1) is 0 Å². The summed E-state index contributed by atoms with van der Waals surface area (Å²) in [5.41, 5.74) is 2.14. The van der Waals surface area contributed by atoms with Crippen molar-refractivity contribution < 1.29 is 37.1 Å². The van der Waals surface area contributed by atoms with Crippen molar-refractivity contribution in [3.63, 3.8) is 0 Å². The minimum absolute atomic E-state index is 0.209. The van der Waals surface area contributed by atoms with E-state index in [4.69, 9.17) is 9.84 Å². The van der Waals surface area contributed by atoms with Gasteiger partial charge in [-0.2, -0.15) is 18.3 Å². The Morgan fingerprint density at radius 3 is 2.31 bits per heavy atom. The summed E-state index contributed by atoms with van der Waals surface area (Å²) in [5.74, 6) is -2.76. The van der Waals surface area contributed by atoms with E-state index in [0.29, 0.717) is 58.0 Å². The predicted molar refractivity (Wildman–Crippen MR) is 174 cm³/mol. The molecule has 0 saturated heterocycles. The van der Waals surface area contributed by atoms with Crippen LogP contribution in [0.25, 0.3) is 5.69 Å². The molecule has 0 unspecified atom stereocenters. The van der Waals surface area contributed by atoms with Crippen molar-refractivity contribution in [3.8, 4) is 5.69 Å².